The van der Waals surface area contributed by atoms with Gasteiger partial charge in [0.15, 0.2) is 5.78 Å². The largest absolute Gasteiger partial charge is 0.508 e. The number of ketones is 1. The number of nitrogens with one attached hydrogen (secondary N) is 1. The van der Waals surface area contributed by atoms with E-state index >= 15 is 0 Å². The Bertz CT molecular complexity index is 638. The fraction of sp³-hybridized carbons (Fsp3) is 0.0714. The maximum absolute atomic E-state index is 11.9. The van der Waals surface area contributed by atoms with Crippen LogP contribution in [0.15, 0.2) is 48.5 Å². The molecule has 2 aromatic rings. The Kier molecular flexibility index (Phi) is 3.95. The van der Waals surface area contributed by atoms with Gasteiger partial charge in [-0.25, -0.2) is 0 Å². The number of nitrogens with zero attached hydrogens (tertiary/aromatic N) is 1. The minimum atomic E-state index is -0.538. The van der Waals surface area contributed by atoms with Crippen LogP contribution in [0.1, 0.15) is 10.4 Å². The predicted octanol–water partition coefficient (Wildman–Crippen LogP) is 2.60. The zero-order chi connectivity index (χ0) is 14.5. The molecule has 6 nitrogen and oxygen atoms in total. The highest BCUT2D eigenvalue weighted by atomic mass is 16.6. The summed E-state index contributed by atoms with van der Waals surface area (Å²) in [4.78, 5) is 22.0. The van der Waals surface area contributed by atoms with Crippen LogP contribution >= 0.6 is 0 Å². The summed E-state index contributed by atoms with van der Waals surface area (Å²) >= 11 is 0. The third-order valence-electron chi connectivity index (χ3n) is 2.70. The lowest BCUT2D eigenvalue weighted by Gasteiger charge is -2.05. The van der Waals surface area contributed by atoms with Gasteiger partial charge in [0.25, 0.3) is 5.69 Å². The molecule has 0 unspecified atom stereocenters. The van der Waals surface area contributed by atoms with Gasteiger partial charge >= 0.3 is 0 Å². The van der Waals surface area contributed by atoms with Crippen molar-refractivity contribution in [1.29, 1.82) is 0 Å². The number of benzene rings is 2. The van der Waals surface area contributed by atoms with Crippen molar-refractivity contribution < 1.29 is 14.8 Å². The molecule has 0 spiro atoms. The molecular weight excluding hydrogens is 260 g/mol. The van der Waals surface area contributed by atoms with E-state index in [1.165, 1.54) is 36.4 Å². The van der Waals surface area contributed by atoms with Gasteiger partial charge in [-0.1, -0.05) is 12.1 Å². The molecule has 0 aromatic heterocycles. The van der Waals surface area contributed by atoms with E-state index in [-0.39, 0.29) is 29.3 Å². The van der Waals surface area contributed by atoms with E-state index in [0.29, 0.717) is 5.69 Å². The molecule has 0 aliphatic heterocycles. The van der Waals surface area contributed by atoms with Crippen molar-refractivity contribution in [2.75, 3.05) is 11.9 Å². The highest BCUT2D eigenvalue weighted by Gasteiger charge is 2.11. The second-order valence-corrected chi connectivity index (χ2v) is 4.13. The normalized spacial score (nSPS) is 10.0. The van der Waals surface area contributed by atoms with Crippen molar-refractivity contribution in [2.45, 2.75) is 0 Å². The summed E-state index contributed by atoms with van der Waals surface area (Å²) in [5.74, 6) is -0.109. The zero-order valence-corrected chi connectivity index (χ0v) is 10.4. The third kappa shape index (κ3) is 3.32. The molecule has 0 heterocycles. The van der Waals surface area contributed by atoms with E-state index in [2.05, 4.69) is 5.32 Å². The fourth-order valence-electron chi connectivity index (χ4n) is 1.66. The number of anilines is 1. The van der Waals surface area contributed by atoms with Crippen LogP contribution in [0.2, 0.25) is 0 Å². The van der Waals surface area contributed by atoms with Gasteiger partial charge in [-0.15, -0.1) is 0 Å². The number of nitro groups is 1. The molecule has 20 heavy (non-hydrogen) atoms. The average molecular weight is 272 g/mol. The summed E-state index contributed by atoms with van der Waals surface area (Å²) < 4.78 is 0. The number of rotatable bonds is 5. The molecule has 102 valence electrons. The maximum atomic E-state index is 11.9. The van der Waals surface area contributed by atoms with Crippen molar-refractivity contribution in [3.05, 3.63) is 64.2 Å². The van der Waals surface area contributed by atoms with Gasteiger partial charge in [0, 0.05) is 23.4 Å². The molecule has 0 atom stereocenters. The number of aromatic hydroxyl groups is 1. The molecule has 0 saturated carbocycles. The van der Waals surface area contributed by atoms with Crippen molar-refractivity contribution in [3.8, 4) is 5.75 Å². The van der Waals surface area contributed by atoms with E-state index in [4.69, 9.17) is 5.11 Å². The van der Waals surface area contributed by atoms with Crippen LogP contribution in [-0.2, 0) is 0 Å². The van der Waals surface area contributed by atoms with Crippen LogP contribution in [0.4, 0.5) is 11.4 Å². The standard InChI is InChI=1S/C14H12N2O4/c17-13-6-4-11(5-7-13)15-9-14(18)10-2-1-3-12(8-10)16(19)20/h1-8,15,17H,9H2. The summed E-state index contributed by atoms with van der Waals surface area (Å²) in [7, 11) is 0. The van der Waals surface area contributed by atoms with E-state index in [1.54, 1.807) is 12.1 Å². The molecule has 0 amide bonds. The van der Waals surface area contributed by atoms with Crippen LogP contribution in [0.3, 0.4) is 0 Å². The van der Waals surface area contributed by atoms with E-state index in [9.17, 15) is 14.9 Å². The smallest absolute Gasteiger partial charge is 0.270 e. The van der Waals surface area contributed by atoms with Gasteiger partial charge < -0.3 is 10.4 Å². The average Bonchev–Trinajstić information content (AvgIpc) is 2.46. The molecular formula is C14H12N2O4. The number of nitro benzene ring substituents is 1. The fourth-order valence-corrected chi connectivity index (χ4v) is 1.66. The van der Waals surface area contributed by atoms with Gasteiger partial charge in [0.1, 0.15) is 5.75 Å². The number of phenols is 1. The molecule has 0 aliphatic carbocycles. The highest BCUT2D eigenvalue weighted by Crippen LogP contribution is 2.15. The van der Waals surface area contributed by atoms with Crippen LogP contribution < -0.4 is 5.32 Å². The van der Waals surface area contributed by atoms with Crippen molar-refractivity contribution in [1.82, 2.24) is 0 Å². The van der Waals surface area contributed by atoms with Gasteiger partial charge in [-0.3, -0.25) is 14.9 Å². The molecule has 2 rings (SSSR count). The lowest BCUT2D eigenvalue weighted by molar-refractivity contribution is -0.384. The molecule has 0 aliphatic rings. The quantitative estimate of drug-likeness (QED) is 0.378. The van der Waals surface area contributed by atoms with Crippen LogP contribution in [0.25, 0.3) is 0 Å². The van der Waals surface area contributed by atoms with Gasteiger partial charge in [-0.2, -0.15) is 0 Å². The van der Waals surface area contributed by atoms with Gasteiger partial charge in [0.2, 0.25) is 0 Å². The highest BCUT2D eigenvalue weighted by molar-refractivity contribution is 5.99. The molecule has 0 bridgehead atoms. The van der Waals surface area contributed by atoms with Crippen molar-refractivity contribution >= 4 is 17.2 Å². The van der Waals surface area contributed by atoms with Crippen LogP contribution in [0, 0.1) is 10.1 Å². The second kappa shape index (κ2) is 5.83. The van der Waals surface area contributed by atoms with E-state index < -0.39 is 4.92 Å². The van der Waals surface area contributed by atoms with E-state index in [1.807, 2.05) is 0 Å². The van der Waals surface area contributed by atoms with Gasteiger partial charge in [-0.05, 0) is 24.3 Å². The minimum absolute atomic E-state index is 0.0198. The summed E-state index contributed by atoms with van der Waals surface area (Å²) in [6, 6.07) is 11.9. The number of phenolic OH excluding ortho intramolecular Hbond substituents is 1. The Balaban J connectivity index is 2.03. The first-order valence-corrected chi connectivity index (χ1v) is 5.87. The first-order chi connectivity index (χ1) is 9.56. The summed E-state index contributed by atoms with van der Waals surface area (Å²) in [6.07, 6.45) is 0. The molecule has 2 N–H and O–H groups in total. The first-order valence-electron chi connectivity index (χ1n) is 5.87. The number of hydrogen-bond donors (Lipinski definition) is 2. The monoisotopic (exact) mass is 272 g/mol. The second-order valence-electron chi connectivity index (χ2n) is 4.13. The van der Waals surface area contributed by atoms with E-state index in [0.717, 1.165) is 0 Å². The summed E-state index contributed by atoms with van der Waals surface area (Å²) in [5.41, 5.74) is 0.854. The number of non-ortho nitro benzene ring substituents is 1. The lowest BCUT2D eigenvalue weighted by Crippen LogP contribution is -2.14. The van der Waals surface area contributed by atoms with Crippen LogP contribution in [0.5, 0.6) is 5.75 Å². The molecule has 0 saturated heterocycles. The van der Waals surface area contributed by atoms with Crippen LogP contribution in [-0.4, -0.2) is 22.4 Å². The molecule has 6 heteroatoms. The zero-order valence-electron chi connectivity index (χ0n) is 10.4. The summed E-state index contributed by atoms with van der Waals surface area (Å²) in [5, 5.41) is 22.7. The predicted molar refractivity (Wildman–Crippen MR) is 74.0 cm³/mol. The number of carbonyl (C=O) groups excluding carboxylic acids is 1. The SMILES string of the molecule is O=C(CNc1ccc(O)cc1)c1cccc([N+](=O)[O-])c1. The Morgan fingerprint density at radius 3 is 2.55 bits per heavy atom. The number of carbonyl (C=O) groups is 1. The molecule has 2 aromatic carbocycles. The molecule has 0 fully saturated rings. The Morgan fingerprint density at radius 1 is 1.20 bits per heavy atom. The number of Topliss-reactive ketones (excluding diaryl/α,β-unsaturated/α-hetero) is 1. The van der Waals surface area contributed by atoms with Crippen molar-refractivity contribution in [2.24, 2.45) is 0 Å². The Morgan fingerprint density at radius 2 is 1.90 bits per heavy atom. The first kappa shape index (κ1) is 13.5. The van der Waals surface area contributed by atoms with Crippen molar-refractivity contribution in [3.63, 3.8) is 0 Å². The lowest BCUT2D eigenvalue weighted by atomic mass is 10.1. The minimum Gasteiger partial charge on any atom is -0.508 e. The maximum Gasteiger partial charge on any atom is 0.270 e. The summed E-state index contributed by atoms with van der Waals surface area (Å²) in [6.45, 7) is 0.0198. The Hall–Kier alpha value is -2.89. The molecule has 0 radical (unpaired) electrons. The van der Waals surface area contributed by atoms with Gasteiger partial charge in [0.05, 0.1) is 11.5 Å². The number of hydrogen-bond acceptors (Lipinski definition) is 5. The Labute approximate surface area is 114 Å². The topological polar surface area (TPSA) is 92.5 Å². The third-order valence-corrected chi connectivity index (χ3v) is 2.70.